The number of carbonyl (C=O) groups is 2. The molecule has 0 spiro atoms. The molecule has 5 rings (SSSR count). The smallest absolute Gasteiger partial charge is 0.410 e. The van der Waals surface area contributed by atoms with Gasteiger partial charge in [-0.15, -0.1) is 0 Å². The Morgan fingerprint density at radius 1 is 1.17 bits per heavy atom. The number of benzene rings is 1. The van der Waals surface area contributed by atoms with E-state index in [1.54, 1.807) is 4.90 Å². The molecule has 35 heavy (non-hydrogen) atoms. The van der Waals surface area contributed by atoms with Crippen LogP contribution < -0.4 is 0 Å². The lowest BCUT2D eigenvalue weighted by Gasteiger charge is -2.27. The first-order valence-corrected chi connectivity index (χ1v) is 12.7. The van der Waals surface area contributed by atoms with Gasteiger partial charge in [-0.05, 0) is 54.0 Å². The highest BCUT2D eigenvalue weighted by Crippen LogP contribution is 2.37. The minimum absolute atomic E-state index is 0.0109. The molecule has 0 unspecified atom stereocenters. The molecule has 1 aromatic carbocycles. The van der Waals surface area contributed by atoms with Gasteiger partial charge >= 0.3 is 6.09 Å². The number of likely N-dealkylation sites (tertiary alicyclic amines) is 2. The van der Waals surface area contributed by atoms with Crippen LogP contribution in [0.1, 0.15) is 61.3 Å². The summed E-state index contributed by atoms with van der Waals surface area (Å²) in [4.78, 5) is 29.8. The average molecular weight is 476 g/mol. The van der Waals surface area contributed by atoms with Crippen molar-refractivity contribution in [3.8, 4) is 6.07 Å². The van der Waals surface area contributed by atoms with Crippen LogP contribution in [0, 0.1) is 36.0 Å². The zero-order valence-electron chi connectivity index (χ0n) is 20.8. The number of ether oxygens (including phenoxy) is 1. The summed E-state index contributed by atoms with van der Waals surface area (Å²) in [6, 6.07) is 6.11. The molecule has 0 N–H and O–H groups in total. The van der Waals surface area contributed by atoms with Gasteiger partial charge in [0.05, 0.1) is 23.9 Å². The van der Waals surface area contributed by atoms with Crippen molar-refractivity contribution in [3.05, 3.63) is 45.7 Å². The number of hydrogen-bond acceptors (Lipinski definition) is 6. The largest absolute Gasteiger partial charge is 0.445 e. The van der Waals surface area contributed by atoms with Crippen LogP contribution in [0.4, 0.5) is 4.79 Å². The summed E-state index contributed by atoms with van der Waals surface area (Å²) in [5.41, 5.74) is 5.88. The van der Waals surface area contributed by atoms with Gasteiger partial charge in [0.1, 0.15) is 6.61 Å². The Kier molecular flexibility index (Phi) is 6.35. The Balaban J connectivity index is 1.14. The first-order valence-electron chi connectivity index (χ1n) is 12.7. The lowest BCUT2D eigenvalue weighted by Crippen LogP contribution is -2.39. The number of nitriles is 1. The van der Waals surface area contributed by atoms with Gasteiger partial charge < -0.3 is 14.5 Å². The number of carbonyl (C=O) groups excluding carboxylic acids is 2. The van der Waals surface area contributed by atoms with Crippen LogP contribution in [0.2, 0.25) is 0 Å². The first-order chi connectivity index (χ1) is 16.8. The van der Waals surface area contributed by atoms with Gasteiger partial charge in [-0.1, -0.05) is 19.9 Å². The molecule has 4 aliphatic rings. The molecular formula is C27H33N5O3. The third kappa shape index (κ3) is 4.56. The molecule has 3 heterocycles. The molecule has 0 saturated carbocycles. The molecule has 1 aromatic rings. The Labute approximate surface area is 206 Å². The van der Waals surface area contributed by atoms with Crippen LogP contribution in [0.3, 0.4) is 0 Å². The van der Waals surface area contributed by atoms with Gasteiger partial charge in [-0.3, -0.25) is 4.79 Å². The third-order valence-electron chi connectivity index (χ3n) is 8.08. The molecule has 3 aliphatic heterocycles. The van der Waals surface area contributed by atoms with Crippen LogP contribution in [0.25, 0.3) is 0 Å². The molecule has 0 bridgehead atoms. The van der Waals surface area contributed by atoms with E-state index in [0.717, 1.165) is 41.6 Å². The molecular weight excluding hydrogens is 442 g/mol. The van der Waals surface area contributed by atoms with Crippen molar-refractivity contribution >= 4 is 12.0 Å². The molecule has 0 radical (unpaired) electrons. The summed E-state index contributed by atoms with van der Waals surface area (Å²) in [6.07, 6.45) is 2.23. The number of rotatable bonds is 4. The second-order valence-corrected chi connectivity index (χ2v) is 10.7. The van der Waals surface area contributed by atoms with Crippen LogP contribution in [-0.2, 0) is 16.1 Å². The Morgan fingerprint density at radius 2 is 1.89 bits per heavy atom. The fraction of sp³-hybridized carbons (Fsp3) is 0.593. The number of aryl methyl sites for hydroxylation is 1. The van der Waals surface area contributed by atoms with E-state index >= 15 is 0 Å². The van der Waals surface area contributed by atoms with Gasteiger partial charge in [0.2, 0.25) is 5.91 Å². The van der Waals surface area contributed by atoms with Crippen molar-refractivity contribution in [2.24, 2.45) is 28.0 Å². The van der Waals surface area contributed by atoms with Gasteiger partial charge in [0, 0.05) is 50.4 Å². The maximum atomic E-state index is 13.2. The van der Waals surface area contributed by atoms with E-state index in [2.05, 4.69) is 30.1 Å². The number of fused-ring (bicyclic) bond motifs is 1. The van der Waals surface area contributed by atoms with Gasteiger partial charge in [0.15, 0.2) is 0 Å². The van der Waals surface area contributed by atoms with Crippen molar-refractivity contribution < 1.29 is 14.3 Å². The number of hydrogen-bond donors (Lipinski definition) is 0. The fourth-order valence-electron chi connectivity index (χ4n) is 6.05. The van der Waals surface area contributed by atoms with E-state index in [1.165, 1.54) is 5.57 Å². The maximum absolute atomic E-state index is 13.2. The van der Waals surface area contributed by atoms with E-state index in [0.29, 0.717) is 50.1 Å². The summed E-state index contributed by atoms with van der Waals surface area (Å²) < 4.78 is 5.71. The monoisotopic (exact) mass is 475 g/mol. The van der Waals surface area contributed by atoms with Gasteiger partial charge in [-0.25, -0.2) is 4.79 Å². The van der Waals surface area contributed by atoms with Crippen LogP contribution >= 0.6 is 0 Å². The van der Waals surface area contributed by atoms with Gasteiger partial charge in [0.25, 0.3) is 0 Å². The maximum Gasteiger partial charge on any atom is 0.410 e. The summed E-state index contributed by atoms with van der Waals surface area (Å²) >= 11 is 0. The van der Waals surface area contributed by atoms with E-state index in [4.69, 9.17) is 4.74 Å². The minimum Gasteiger partial charge on any atom is -0.445 e. The normalized spacial score (nSPS) is 25.2. The second-order valence-electron chi connectivity index (χ2n) is 10.7. The Morgan fingerprint density at radius 3 is 2.57 bits per heavy atom. The molecule has 8 nitrogen and oxygen atoms in total. The number of amides is 2. The fourth-order valence-corrected chi connectivity index (χ4v) is 6.05. The molecule has 2 fully saturated rings. The first kappa shape index (κ1) is 23.5. The predicted molar refractivity (Wildman–Crippen MR) is 129 cm³/mol. The molecule has 8 heteroatoms. The molecule has 0 aromatic heterocycles. The Hall–Kier alpha value is -3.21. The van der Waals surface area contributed by atoms with Crippen LogP contribution in [-0.4, -0.2) is 54.5 Å². The molecule has 3 atom stereocenters. The lowest BCUT2D eigenvalue weighted by molar-refractivity contribution is -0.135. The SMILES string of the molecule is Cc1cc(COC(=O)N2C[C@@H]3CN(C(=O)[C@@H]4CCC5=C(C4)N=NC5)C[C@H]3C2)c(C(C)C)cc1C#N. The minimum atomic E-state index is -0.299. The summed E-state index contributed by atoms with van der Waals surface area (Å²) in [5.74, 6) is 1.09. The topological polar surface area (TPSA) is 98.4 Å². The van der Waals surface area contributed by atoms with E-state index < -0.39 is 0 Å². The molecule has 184 valence electrons. The van der Waals surface area contributed by atoms with E-state index in [-0.39, 0.29) is 30.4 Å². The summed E-state index contributed by atoms with van der Waals surface area (Å²) in [7, 11) is 0. The number of azo groups is 1. The van der Waals surface area contributed by atoms with Crippen LogP contribution in [0.15, 0.2) is 33.6 Å². The number of allylic oxidation sites excluding steroid dienone is 1. The Bertz CT molecular complexity index is 1130. The highest BCUT2D eigenvalue weighted by atomic mass is 16.6. The molecule has 2 saturated heterocycles. The summed E-state index contributed by atoms with van der Waals surface area (Å²) in [5, 5.41) is 17.7. The van der Waals surface area contributed by atoms with Gasteiger partial charge in [-0.2, -0.15) is 15.5 Å². The lowest BCUT2D eigenvalue weighted by atomic mass is 9.87. The van der Waals surface area contributed by atoms with Crippen molar-refractivity contribution in [1.82, 2.24) is 9.80 Å². The summed E-state index contributed by atoms with van der Waals surface area (Å²) in [6.45, 7) is 9.65. The highest BCUT2D eigenvalue weighted by Gasteiger charge is 2.45. The van der Waals surface area contributed by atoms with Crippen molar-refractivity contribution in [2.75, 3.05) is 32.7 Å². The van der Waals surface area contributed by atoms with Crippen molar-refractivity contribution in [1.29, 1.82) is 5.26 Å². The zero-order valence-corrected chi connectivity index (χ0v) is 20.8. The van der Waals surface area contributed by atoms with Crippen molar-refractivity contribution in [2.45, 2.75) is 52.6 Å². The average Bonchev–Trinajstić information content (AvgIpc) is 3.56. The van der Waals surface area contributed by atoms with Crippen molar-refractivity contribution in [3.63, 3.8) is 0 Å². The number of nitrogens with zero attached hydrogens (tertiary/aromatic N) is 5. The zero-order chi connectivity index (χ0) is 24.7. The quantitative estimate of drug-likeness (QED) is 0.638. The van der Waals surface area contributed by atoms with E-state index in [9.17, 15) is 14.9 Å². The highest BCUT2D eigenvalue weighted by molar-refractivity contribution is 5.80. The standard InChI is InChI=1S/C27H33N5O3/c1-16(2)24-7-20(9-28)17(3)6-21(24)15-35-27(34)32-13-22-11-31(12-23(22)14-32)26(33)18-4-5-19-10-29-30-25(19)8-18/h6-7,16,18,22-23H,4-5,8,10-15H2,1-3H3/t18-,22+,23+/m1/s1. The third-order valence-corrected chi connectivity index (χ3v) is 8.08. The second kappa shape index (κ2) is 9.44. The molecule has 2 amide bonds. The van der Waals surface area contributed by atoms with E-state index in [1.807, 2.05) is 24.0 Å². The van der Waals surface area contributed by atoms with Crippen LogP contribution in [0.5, 0.6) is 0 Å². The molecule has 1 aliphatic carbocycles. The predicted octanol–water partition coefficient (Wildman–Crippen LogP) is 4.54.